The third-order valence-electron chi connectivity index (χ3n) is 3.79. The average molecular weight is 341 g/mol. The Morgan fingerprint density at radius 2 is 2.04 bits per heavy atom. The number of nitrogens with zero attached hydrogens (tertiary/aromatic N) is 2. The van der Waals surface area contributed by atoms with Crippen molar-refractivity contribution in [3.8, 4) is 5.75 Å². The van der Waals surface area contributed by atoms with Gasteiger partial charge in [0.05, 0.1) is 0 Å². The number of hydrogen-bond acceptors (Lipinski definition) is 6. The van der Waals surface area contributed by atoms with Gasteiger partial charge in [-0.25, -0.2) is 4.98 Å². The second kappa shape index (κ2) is 6.76. The Kier molecular flexibility index (Phi) is 4.72. The predicted octanol–water partition coefficient (Wildman–Crippen LogP) is 3.81. The highest BCUT2D eigenvalue weighted by Crippen LogP contribution is 2.43. The van der Waals surface area contributed by atoms with Crippen LogP contribution < -0.4 is 10.1 Å². The van der Waals surface area contributed by atoms with Gasteiger partial charge in [-0.3, -0.25) is 0 Å². The Labute approximate surface area is 136 Å². The summed E-state index contributed by atoms with van der Waals surface area (Å²) >= 11 is 1.31. The molecule has 3 rings (SSSR count). The molecule has 124 valence electrons. The molecule has 0 radical (unpaired) electrons. The standard InChI is InChI=1S/C15H17F2N3O2S/c1-8(21-2)13-19-15(23-20-13)18-12-7-11(12)9-3-5-10(6-4-9)22-14(16)17/h3-6,8,11-12,14H,7H2,1-2H3,(H,18,19,20)/t8-,11+,12-/m1/s1. The number of rotatable bonds is 7. The number of nitrogens with one attached hydrogen (secondary N) is 1. The number of aromatic nitrogens is 2. The van der Waals surface area contributed by atoms with Gasteiger partial charge in [-0.05, 0) is 31.0 Å². The van der Waals surface area contributed by atoms with Gasteiger partial charge in [0.25, 0.3) is 0 Å². The van der Waals surface area contributed by atoms with Gasteiger partial charge in [0.15, 0.2) is 5.82 Å². The van der Waals surface area contributed by atoms with Gasteiger partial charge >= 0.3 is 6.61 Å². The summed E-state index contributed by atoms with van der Waals surface area (Å²) in [5, 5.41) is 4.12. The molecule has 1 saturated carbocycles. The lowest BCUT2D eigenvalue weighted by Crippen LogP contribution is -2.05. The molecule has 0 saturated heterocycles. The zero-order chi connectivity index (χ0) is 16.4. The first-order chi connectivity index (χ1) is 11.1. The normalized spacial score (nSPS) is 21.3. The summed E-state index contributed by atoms with van der Waals surface area (Å²) in [5.74, 6) is 1.20. The average Bonchev–Trinajstić information content (AvgIpc) is 3.13. The molecule has 2 aromatic rings. The van der Waals surface area contributed by atoms with Crippen molar-refractivity contribution in [2.24, 2.45) is 0 Å². The van der Waals surface area contributed by atoms with Crippen LogP contribution in [-0.2, 0) is 4.74 Å². The molecule has 23 heavy (non-hydrogen) atoms. The van der Waals surface area contributed by atoms with E-state index < -0.39 is 6.61 Å². The number of benzene rings is 1. The molecule has 1 fully saturated rings. The molecule has 1 aromatic carbocycles. The van der Waals surface area contributed by atoms with E-state index in [1.54, 1.807) is 19.2 Å². The van der Waals surface area contributed by atoms with E-state index in [1.807, 2.05) is 19.1 Å². The van der Waals surface area contributed by atoms with Crippen LogP contribution in [0.4, 0.5) is 13.9 Å². The van der Waals surface area contributed by atoms with Crippen LogP contribution in [0.2, 0.25) is 0 Å². The van der Waals surface area contributed by atoms with Gasteiger partial charge in [-0.2, -0.15) is 13.2 Å². The van der Waals surface area contributed by atoms with Crippen molar-refractivity contribution in [1.29, 1.82) is 0 Å². The minimum absolute atomic E-state index is 0.126. The Bertz CT molecular complexity index is 650. The summed E-state index contributed by atoms with van der Waals surface area (Å²) < 4.78 is 38.1. The summed E-state index contributed by atoms with van der Waals surface area (Å²) in [6.45, 7) is -0.897. The van der Waals surface area contributed by atoms with Crippen LogP contribution in [0.25, 0.3) is 0 Å². The molecule has 5 nitrogen and oxygen atoms in total. The largest absolute Gasteiger partial charge is 0.435 e. The molecular weight excluding hydrogens is 324 g/mol. The highest BCUT2D eigenvalue weighted by atomic mass is 32.1. The first kappa shape index (κ1) is 16.1. The van der Waals surface area contributed by atoms with Crippen molar-refractivity contribution in [1.82, 2.24) is 9.36 Å². The van der Waals surface area contributed by atoms with Crippen LogP contribution >= 0.6 is 11.5 Å². The molecule has 1 aliphatic carbocycles. The molecule has 0 aliphatic heterocycles. The van der Waals surface area contributed by atoms with Crippen molar-refractivity contribution in [3.05, 3.63) is 35.7 Å². The second-order valence-corrected chi connectivity index (χ2v) is 6.13. The maximum atomic E-state index is 12.1. The van der Waals surface area contributed by atoms with Crippen LogP contribution in [0.15, 0.2) is 24.3 Å². The van der Waals surface area contributed by atoms with E-state index in [1.165, 1.54) is 11.5 Å². The van der Waals surface area contributed by atoms with Gasteiger partial charge in [0, 0.05) is 30.6 Å². The minimum atomic E-state index is -2.79. The lowest BCUT2D eigenvalue weighted by atomic mass is 10.1. The third kappa shape index (κ3) is 3.94. The number of methoxy groups -OCH3 is 1. The molecule has 1 heterocycles. The molecule has 0 amide bonds. The van der Waals surface area contributed by atoms with E-state index in [0.29, 0.717) is 11.7 Å². The summed E-state index contributed by atoms with van der Waals surface area (Å²) in [6, 6.07) is 7.07. The van der Waals surface area contributed by atoms with Gasteiger partial charge < -0.3 is 14.8 Å². The van der Waals surface area contributed by atoms with Crippen LogP contribution in [0.5, 0.6) is 5.75 Å². The van der Waals surface area contributed by atoms with Crippen LogP contribution in [0.1, 0.15) is 36.8 Å². The second-order valence-electron chi connectivity index (χ2n) is 5.38. The van der Waals surface area contributed by atoms with Gasteiger partial charge in [0.1, 0.15) is 11.9 Å². The fourth-order valence-corrected chi connectivity index (χ4v) is 3.05. The Morgan fingerprint density at radius 1 is 1.30 bits per heavy atom. The van der Waals surface area contributed by atoms with Crippen LogP contribution in [-0.4, -0.2) is 29.1 Å². The minimum Gasteiger partial charge on any atom is -0.435 e. The predicted molar refractivity (Wildman–Crippen MR) is 83.2 cm³/mol. The first-order valence-corrected chi connectivity index (χ1v) is 8.02. The van der Waals surface area contributed by atoms with E-state index in [4.69, 9.17) is 4.74 Å². The van der Waals surface area contributed by atoms with Gasteiger partial charge in [-0.1, -0.05) is 12.1 Å². The Morgan fingerprint density at radius 3 is 2.70 bits per heavy atom. The molecule has 1 aliphatic rings. The fourth-order valence-electron chi connectivity index (χ4n) is 2.34. The summed E-state index contributed by atoms with van der Waals surface area (Å²) in [4.78, 5) is 4.40. The van der Waals surface area contributed by atoms with Gasteiger partial charge in [-0.15, -0.1) is 0 Å². The number of alkyl halides is 2. The Hall–Kier alpha value is -1.80. The zero-order valence-electron chi connectivity index (χ0n) is 12.7. The summed E-state index contributed by atoms with van der Waals surface area (Å²) in [5.41, 5.74) is 1.10. The third-order valence-corrected chi connectivity index (χ3v) is 4.45. The van der Waals surface area contributed by atoms with Crippen LogP contribution in [0.3, 0.4) is 0 Å². The van der Waals surface area contributed by atoms with Crippen molar-refractivity contribution >= 4 is 16.7 Å². The molecule has 0 spiro atoms. The topological polar surface area (TPSA) is 56.3 Å². The molecule has 0 unspecified atom stereocenters. The summed E-state index contributed by atoms with van der Waals surface area (Å²) in [7, 11) is 1.62. The number of anilines is 1. The van der Waals surface area contributed by atoms with Crippen molar-refractivity contribution in [2.45, 2.75) is 38.0 Å². The molecule has 1 N–H and O–H groups in total. The van der Waals surface area contributed by atoms with E-state index in [0.717, 1.165) is 17.1 Å². The number of ether oxygens (including phenoxy) is 2. The maximum absolute atomic E-state index is 12.1. The van der Waals surface area contributed by atoms with E-state index in [9.17, 15) is 8.78 Å². The smallest absolute Gasteiger partial charge is 0.387 e. The van der Waals surface area contributed by atoms with E-state index in [2.05, 4.69) is 19.4 Å². The molecule has 3 atom stereocenters. The summed E-state index contributed by atoms with van der Waals surface area (Å²) in [6.07, 6.45) is 0.850. The highest BCUT2D eigenvalue weighted by molar-refractivity contribution is 7.09. The van der Waals surface area contributed by atoms with Crippen molar-refractivity contribution < 1.29 is 18.3 Å². The fraction of sp³-hybridized carbons (Fsp3) is 0.467. The first-order valence-electron chi connectivity index (χ1n) is 7.24. The molecule has 8 heteroatoms. The molecule has 0 bridgehead atoms. The highest BCUT2D eigenvalue weighted by Gasteiger charge is 2.39. The quantitative estimate of drug-likeness (QED) is 0.830. The maximum Gasteiger partial charge on any atom is 0.387 e. The lowest BCUT2D eigenvalue weighted by molar-refractivity contribution is -0.0498. The van der Waals surface area contributed by atoms with Gasteiger partial charge in [0.2, 0.25) is 5.13 Å². The van der Waals surface area contributed by atoms with Crippen molar-refractivity contribution in [2.75, 3.05) is 12.4 Å². The molecular formula is C15H17F2N3O2S. The Balaban J connectivity index is 1.56. The molecule has 1 aromatic heterocycles. The monoisotopic (exact) mass is 341 g/mol. The van der Waals surface area contributed by atoms with E-state index >= 15 is 0 Å². The van der Waals surface area contributed by atoms with Crippen molar-refractivity contribution in [3.63, 3.8) is 0 Å². The number of hydrogen-bond donors (Lipinski definition) is 1. The zero-order valence-corrected chi connectivity index (χ0v) is 13.5. The lowest BCUT2D eigenvalue weighted by Gasteiger charge is -2.06. The number of halogens is 2. The van der Waals surface area contributed by atoms with Crippen LogP contribution in [0, 0.1) is 0 Å². The SMILES string of the molecule is CO[C@H](C)c1nsc(N[C@@H]2C[C@H]2c2ccc(OC(F)F)cc2)n1. The van der Waals surface area contributed by atoms with E-state index in [-0.39, 0.29) is 17.9 Å².